The molecule has 1 saturated heterocycles. The number of amides is 2. The summed E-state index contributed by atoms with van der Waals surface area (Å²) in [6.07, 6.45) is 2.79. The zero-order valence-corrected chi connectivity index (χ0v) is 15.7. The number of benzene rings is 1. The third-order valence-corrected chi connectivity index (χ3v) is 5.50. The number of hydrogen-bond acceptors (Lipinski definition) is 4. The second-order valence-electron chi connectivity index (χ2n) is 7.22. The Kier molecular flexibility index (Phi) is 4.92. The molecule has 0 N–H and O–H groups in total. The quantitative estimate of drug-likeness (QED) is 0.805. The minimum absolute atomic E-state index is 0.0339. The van der Waals surface area contributed by atoms with Crippen LogP contribution in [-0.2, 0) is 29.1 Å². The molecule has 1 fully saturated rings. The highest BCUT2D eigenvalue weighted by Crippen LogP contribution is 2.21. The van der Waals surface area contributed by atoms with Crippen molar-refractivity contribution in [1.29, 1.82) is 0 Å². The van der Waals surface area contributed by atoms with Gasteiger partial charge in [-0.05, 0) is 18.4 Å². The Hall–Kier alpha value is -2.70. The fraction of sp³-hybridized carbons (Fsp3) is 0.500. The summed E-state index contributed by atoms with van der Waals surface area (Å²) in [6.45, 7) is 4.44. The predicted octanol–water partition coefficient (Wildman–Crippen LogP) is 1.61. The number of fused-ring (bicyclic) bond motifs is 1. The summed E-state index contributed by atoms with van der Waals surface area (Å²) in [5.41, 5.74) is 1.20. The van der Waals surface area contributed by atoms with Crippen LogP contribution in [0, 0.1) is 0 Å². The van der Waals surface area contributed by atoms with Gasteiger partial charge in [-0.1, -0.05) is 37.3 Å². The van der Waals surface area contributed by atoms with Gasteiger partial charge in [0.2, 0.25) is 11.8 Å². The van der Waals surface area contributed by atoms with E-state index in [2.05, 4.69) is 26.9 Å². The zero-order valence-electron chi connectivity index (χ0n) is 15.7. The van der Waals surface area contributed by atoms with Crippen molar-refractivity contribution in [2.45, 2.75) is 51.7 Å². The van der Waals surface area contributed by atoms with E-state index in [9.17, 15) is 9.59 Å². The van der Waals surface area contributed by atoms with Crippen LogP contribution in [0.5, 0.6) is 0 Å². The van der Waals surface area contributed by atoms with E-state index < -0.39 is 0 Å². The summed E-state index contributed by atoms with van der Waals surface area (Å²) in [5, 5.41) is 8.67. The van der Waals surface area contributed by atoms with Crippen molar-refractivity contribution in [1.82, 2.24) is 24.6 Å². The summed E-state index contributed by atoms with van der Waals surface area (Å²) in [5.74, 6) is 1.89. The Morgan fingerprint density at radius 1 is 1.15 bits per heavy atom. The molecule has 1 aromatic carbocycles. The van der Waals surface area contributed by atoms with Crippen LogP contribution >= 0.6 is 0 Å². The first-order valence-electron chi connectivity index (χ1n) is 9.70. The number of aromatic nitrogens is 3. The molecule has 2 amide bonds. The molecule has 0 radical (unpaired) electrons. The van der Waals surface area contributed by atoms with Gasteiger partial charge < -0.3 is 14.4 Å². The lowest BCUT2D eigenvalue weighted by Gasteiger charge is -2.34. The highest BCUT2D eigenvalue weighted by molar-refractivity contribution is 5.88. The maximum absolute atomic E-state index is 13.0. The Bertz CT molecular complexity index is 832. The number of carbonyl (C=O) groups is 2. The van der Waals surface area contributed by atoms with E-state index in [0.29, 0.717) is 39.0 Å². The van der Waals surface area contributed by atoms with Gasteiger partial charge in [-0.25, -0.2) is 0 Å². The molecular weight excluding hydrogens is 342 g/mol. The smallest absolute Gasteiger partial charge is 0.245 e. The Labute approximate surface area is 159 Å². The molecule has 3 heterocycles. The molecule has 0 saturated carbocycles. The van der Waals surface area contributed by atoms with Crippen LogP contribution in [0.15, 0.2) is 30.3 Å². The zero-order chi connectivity index (χ0) is 18.8. The fourth-order valence-electron chi connectivity index (χ4n) is 4.05. The summed E-state index contributed by atoms with van der Waals surface area (Å²) in [6, 6.07) is 9.86. The minimum atomic E-state index is -0.349. The maximum atomic E-state index is 13.0. The van der Waals surface area contributed by atoms with Gasteiger partial charge in [-0.2, -0.15) is 0 Å². The van der Waals surface area contributed by atoms with Crippen LogP contribution < -0.4 is 0 Å². The van der Waals surface area contributed by atoms with Gasteiger partial charge in [0.05, 0.1) is 6.54 Å². The van der Waals surface area contributed by atoms with E-state index in [-0.39, 0.29) is 17.9 Å². The Morgan fingerprint density at radius 3 is 2.67 bits per heavy atom. The molecule has 2 aromatic rings. The van der Waals surface area contributed by atoms with Gasteiger partial charge in [0.1, 0.15) is 11.9 Å². The number of carbonyl (C=O) groups excluding carboxylic acids is 2. The molecule has 0 aliphatic carbocycles. The number of hydrogen-bond donors (Lipinski definition) is 0. The van der Waals surface area contributed by atoms with Gasteiger partial charge in [-0.15, -0.1) is 10.2 Å². The van der Waals surface area contributed by atoms with E-state index in [1.54, 1.807) is 4.90 Å². The first kappa shape index (κ1) is 17.7. The number of likely N-dealkylation sites (tertiary alicyclic amines) is 1. The summed E-state index contributed by atoms with van der Waals surface area (Å²) in [4.78, 5) is 28.7. The van der Waals surface area contributed by atoms with E-state index in [1.165, 1.54) is 5.56 Å². The monoisotopic (exact) mass is 367 g/mol. The standard InChI is InChI=1S/C20H25N5O2/c1-2-16(24-10-6-9-19(24)26)20(27)23-11-12-25-17(21-22-18(25)14-23)13-15-7-4-3-5-8-15/h3-5,7-8,16H,2,6,9-14H2,1H3. The van der Waals surface area contributed by atoms with Crippen molar-refractivity contribution in [2.75, 3.05) is 13.1 Å². The molecule has 142 valence electrons. The predicted molar refractivity (Wildman–Crippen MR) is 99.7 cm³/mol. The molecular formula is C20H25N5O2. The lowest BCUT2D eigenvalue weighted by Crippen LogP contribution is -2.50. The van der Waals surface area contributed by atoms with Crippen LogP contribution in [0.1, 0.15) is 43.4 Å². The number of rotatable bonds is 5. The second kappa shape index (κ2) is 7.50. The SMILES string of the molecule is CCC(C(=O)N1CCn2c(Cc3ccccc3)nnc2C1)N1CCCC1=O. The summed E-state index contributed by atoms with van der Waals surface area (Å²) in [7, 11) is 0. The topological polar surface area (TPSA) is 71.3 Å². The van der Waals surface area contributed by atoms with Crippen LogP contribution in [0.2, 0.25) is 0 Å². The average molecular weight is 367 g/mol. The second-order valence-corrected chi connectivity index (χ2v) is 7.22. The van der Waals surface area contributed by atoms with E-state index in [1.807, 2.05) is 30.0 Å². The van der Waals surface area contributed by atoms with Gasteiger partial charge in [0, 0.05) is 32.5 Å². The van der Waals surface area contributed by atoms with Crippen molar-refractivity contribution in [3.8, 4) is 0 Å². The third-order valence-electron chi connectivity index (χ3n) is 5.50. The van der Waals surface area contributed by atoms with Crippen molar-refractivity contribution in [2.24, 2.45) is 0 Å². The molecule has 2 aliphatic rings. The van der Waals surface area contributed by atoms with Gasteiger partial charge in [-0.3, -0.25) is 9.59 Å². The first-order valence-corrected chi connectivity index (χ1v) is 9.70. The lowest BCUT2D eigenvalue weighted by molar-refractivity contribution is -0.144. The molecule has 1 unspecified atom stereocenters. The molecule has 7 heteroatoms. The average Bonchev–Trinajstić information content (AvgIpc) is 3.29. The normalized spacial score (nSPS) is 17.9. The molecule has 1 aromatic heterocycles. The summed E-state index contributed by atoms with van der Waals surface area (Å²) >= 11 is 0. The van der Waals surface area contributed by atoms with E-state index >= 15 is 0 Å². The minimum Gasteiger partial charge on any atom is -0.332 e. The van der Waals surface area contributed by atoms with Crippen molar-refractivity contribution in [3.05, 3.63) is 47.5 Å². The number of nitrogens with zero attached hydrogens (tertiary/aromatic N) is 5. The molecule has 1 atom stereocenters. The van der Waals surface area contributed by atoms with Crippen LogP contribution in [-0.4, -0.2) is 55.5 Å². The summed E-state index contributed by atoms with van der Waals surface area (Å²) < 4.78 is 2.12. The van der Waals surface area contributed by atoms with Crippen LogP contribution in [0.3, 0.4) is 0 Å². The van der Waals surface area contributed by atoms with Crippen LogP contribution in [0.25, 0.3) is 0 Å². The largest absolute Gasteiger partial charge is 0.332 e. The Morgan fingerprint density at radius 2 is 1.96 bits per heavy atom. The molecule has 0 bridgehead atoms. The van der Waals surface area contributed by atoms with Gasteiger partial charge in [0.15, 0.2) is 5.82 Å². The first-order chi connectivity index (χ1) is 13.2. The highest BCUT2D eigenvalue weighted by Gasteiger charge is 2.35. The molecule has 2 aliphatic heterocycles. The molecule has 0 spiro atoms. The lowest BCUT2D eigenvalue weighted by atomic mass is 10.1. The Balaban J connectivity index is 1.47. The molecule has 7 nitrogen and oxygen atoms in total. The maximum Gasteiger partial charge on any atom is 0.245 e. The van der Waals surface area contributed by atoms with Gasteiger partial charge in [0.25, 0.3) is 0 Å². The highest BCUT2D eigenvalue weighted by atomic mass is 16.2. The van der Waals surface area contributed by atoms with Crippen LogP contribution in [0.4, 0.5) is 0 Å². The van der Waals surface area contributed by atoms with Crippen molar-refractivity contribution < 1.29 is 9.59 Å². The van der Waals surface area contributed by atoms with Crippen molar-refractivity contribution >= 4 is 11.8 Å². The third kappa shape index (κ3) is 3.46. The molecule has 27 heavy (non-hydrogen) atoms. The van der Waals surface area contributed by atoms with Crippen molar-refractivity contribution in [3.63, 3.8) is 0 Å². The fourth-order valence-corrected chi connectivity index (χ4v) is 4.05. The molecule has 4 rings (SSSR count). The van der Waals surface area contributed by atoms with E-state index in [0.717, 1.165) is 24.5 Å². The van der Waals surface area contributed by atoms with E-state index in [4.69, 9.17) is 0 Å². The van der Waals surface area contributed by atoms with Gasteiger partial charge >= 0.3 is 0 Å².